The number of phenolic OH excluding ortho intramolecular Hbond substituents is 1. The molecule has 0 aromatic heterocycles. The van der Waals surface area contributed by atoms with Gasteiger partial charge >= 0.3 is 0 Å². The molecule has 0 spiro atoms. The maximum absolute atomic E-state index is 12.0. The predicted molar refractivity (Wildman–Crippen MR) is 112 cm³/mol. The van der Waals surface area contributed by atoms with Crippen LogP contribution < -0.4 is 16.0 Å². The zero-order chi connectivity index (χ0) is 20.0. The number of benzene rings is 1. The first kappa shape index (κ1) is 22.0. The van der Waals surface area contributed by atoms with Gasteiger partial charge in [0.1, 0.15) is 5.75 Å². The minimum Gasteiger partial charge on any atom is -0.508 e. The van der Waals surface area contributed by atoms with Crippen LogP contribution in [0.4, 0.5) is 0 Å². The number of hydrogen-bond donors (Lipinski definition) is 4. The van der Waals surface area contributed by atoms with Crippen LogP contribution in [0, 0.1) is 0 Å². The molecule has 0 saturated heterocycles. The quantitative estimate of drug-likeness (QED) is 0.225. The van der Waals surface area contributed by atoms with E-state index in [1.165, 1.54) is 50.7 Å². The van der Waals surface area contributed by atoms with E-state index in [-0.39, 0.29) is 11.7 Å². The van der Waals surface area contributed by atoms with Crippen molar-refractivity contribution in [2.24, 2.45) is 4.99 Å². The van der Waals surface area contributed by atoms with E-state index in [9.17, 15) is 9.90 Å². The molecule has 1 amide bonds. The number of carbonyl (C=O) groups excluding carboxylic acids is 1. The average molecular weight is 391 g/mol. The van der Waals surface area contributed by atoms with E-state index in [0.29, 0.717) is 37.9 Å². The van der Waals surface area contributed by atoms with Crippen LogP contribution in [0.1, 0.15) is 55.8 Å². The van der Waals surface area contributed by atoms with Crippen molar-refractivity contribution in [2.75, 3.05) is 32.8 Å². The maximum Gasteiger partial charge on any atom is 0.251 e. The Balaban J connectivity index is 1.64. The Morgan fingerprint density at radius 3 is 2.43 bits per heavy atom. The molecule has 0 aliphatic heterocycles. The summed E-state index contributed by atoms with van der Waals surface area (Å²) in [6.07, 6.45) is 7.93. The third kappa shape index (κ3) is 8.61. The highest BCUT2D eigenvalue weighted by atomic mass is 16.5. The first-order valence-corrected chi connectivity index (χ1v) is 10.4. The highest BCUT2D eigenvalue weighted by Crippen LogP contribution is 2.19. The Kier molecular flexibility index (Phi) is 10.2. The molecule has 1 aliphatic carbocycles. The van der Waals surface area contributed by atoms with Crippen molar-refractivity contribution in [3.8, 4) is 5.75 Å². The van der Waals surface area contributed by atoms with Crippen LogP contribution in [0.5, 0.6) is 5.75 Å². The highest BCUT2D eigenvalue weighted by molar-refractivity contribution is 5.94. The summed E-state index contributed by atoms with van der Waals surface area (Å²) < 4.78 is 5.97. The summed E-state index contributed by atoms with van der Waals surface area (Å²) in [6.45, 7) is 5.09. The van der Waals surface area contributed by atoms with Crippen molar-refractivity contribution in [2.45, 2.75) is 51.6 Å². The number of carbonyl (C=O) groups is 1. The molecule has 28 heavy (non-hydrogen) atoms. The van der Waals surface area contributed by atoms with Crippen molar-refractivity contribution in [3.63, 3.8) is 0 Å². The van der Waals surface area contributed by atoms with Gasteiger partial charge in [-0.25, -0.2) is 0 Å². The number of guanidine groups is 1. The van der Waals surface area contributed by atoms with Crippen LogP contribution >= 0.6 is 0 Å². The van der Waals surface area contributed by atoms with Crippen LogP contribution in [0.3, 0.4) is 0 Å². The lowest BCUT2D eigenvalue weighted by atomic mass is 10.1. The van der Waals surface area contributed by atoms with Crippen LogP contribution in [-0.4, -0.2) is 55.9 Å². The maximum atomic E-state index is 12.0. The average Bonchev–Trinajstić information content (AvgIpc) is 2.97. The summed E-state index contributed by atoms with van der Waals surface area (Å²) in [7, 11) is 0. The second-order valence-corrected chi connectivity index (χ2v) is 6.97. The monoisotopic (exact) mass is 390 g/mol. The predicted octanol–water partition coefficient (Wildman–Crippen LogP) is 2.42. The smallest absolute Gasteiger partial charge is 0.251 e. The number of amides is 1. The molecule has 1 saturated carbocycles. The zero-order valence-electron chi connectivity index (χ0n) is 16.9. The fourth-order valence-electron chi connectivity index (χ4n) is 3.20. The first-order chi connectivity index (χ1) is 13.7. The highest BCUT2D eigenvalue weighted by Gasteiger charge is 2.12. The van der Waals surface area contributed by atoms with Gasteiger partial charge in [-0.3, -0.25) is 9.79 Å². The van der Waals surface area contributed by atoms with E-state index in [1.807, 2.05) is 6.92 Å². The Hall–Kier alpha value is -2.28. The first-order valence-electron chi connectivity index (χ1n) is 10.4. The topological polar surface area (TPSA) is 95.0 Å². The number of ether oxygens (including phenoxy) is 1. The van der Waals surface area contributed by atoms with Crippen LogP contribution in [0.2, 0.25) is 0 Å². The van der Waals surface area contributed by atoms with E-state index < -0.39 is 0 Å². The van der Waals surface area contributed by atoms with E-state index in [0.717, 1.165) is 12.5 Å². The van der Waals surface area contributed by atoms with Crippen LogP contribution in [-0.2, 0) is 4.74 Å². The Morgan fingerprint density at radius 2 is 1.75 bits per heavy atom. The van der Waals surface area contributed by atoms with Gasteiger partial charge in [-0.15, -0.1) is 0 Å². The van der Waals surface area contributed by atoms with Gasteiger partial charge in [0.25, 0.3) is 5.91 Å². The molecule has 1 fully saturated rings. The summed E-state index contributed by atoms with van der Waals surface area (Å²) in [4.78, 5) is 16.6. The molecular weight excluding hydrogens is 356 g/mol. The van der Waals surface area contributed by atoms with Crippen molar-refractivity contribution < 1.29 is 14.6 Å². The van der Waals surface area contributed by atoms with E-state index >= 15 is 0 Å². The SMILES string of the molecule is CCNC(=NCCOC1CCCCCC1)NCCNC(=O)c1ccc(O)cc1. The van der Waals surface area contributed by atoms with Gasteiger partial charge in [0, 0.05) is 25.2 Å². The lowest BCUT2D eigenvalue weighted by Crippen LogP contribution is -2.41. The molecule has 7 nitrogen and oxygen atoms in total. The van der Waals surface area contributed by atoms with Gasteiger partial charge in [0.15, 0.2) is 5.96 Å². The van der Waals surface area contributed by atoms with Gasteiger partial charge in [0.2, 0.25) is 0 Å². The number of nitrogens with one attached hydrogen (secondary N) is 3. The molecule has 7 heteroatoms. The number of rotatable bonds is 9. The minimum absolute atomic E-state index is 0.146. The van der Waals surface area contributed by atoms with E-state index in [2.05, 4.69) is 20.9 Å². The molecule has 1 aromatic carbocycles. The van der Waals surface area contributed by atoms with E-state index in [4.69, 9.17) is 4.74 Å². The summed E-state index contributed by atoms with van der Waals surface area (Å²) in [6, 6.07) is 6.19. The fraction of sp³-hybridized carbons (Fsp3) is 0.619. The lowest BCUT2D eigenvalue weighted by molar-refractivity contribution is 0.0487. The fourth-order valence-corrected chi connectivity index (χ4v) is 3.20. The minimum atomic E-state index is -0.166. The lowest BCUT2D eigenvalue weighted by Gasteiger charge is -2.15. The molecule has 0 bridgehead atoms. The van der Waals surface area contributed by atoms with Crippen molar-refractivity contribution >= 4 is 11.9 Å². The second kappa shape index (κ2) is 13.0. The van der Waals surface area contributed by atoms with Gasteiger partial charge in [-0.05, 0) is 44.0 Å². The number of hydrogen-bond acceptors (Lipinski definition) is 4. The Morgan fingerprint density at radius 1 is 1.07 bits per heavy atom. The van der Waals surface area contributed by atoms with Crippen molar-refractivity contribution in [1.82, 2.24) is 16.0 Å². The van der Waals surface area contributed by atoms with E-state index in [1.54, 1.807) is 12.1 Å². The molecule has 0 heterocycles. The summed E-state index contributed by atoms with van der Waals surface area (Å²) in [5, 5.41) is 18.5. The summed E-state index contributed by atoms with van der Waals surface area (Å²) in [5.74, 6) is 0.708. The second-order valence-electron chi connectivity index (χ2n) is 6.97. The van der Waals surface area contributed by atoms with Gasteiger partial charge < -0.3 is 25.8 Å². The molecular formula is C21H34N4O3. The van der Waals surface area contributed by atoms with Crippen LogP contribution in [0.25, 0.3) is 0 Å². The van der Waals surface area contributed by atoms with Gasteiger partial charge in [0.05, 0.1) is 19.3 Å². The number of aliphatic imine (C=N–C) groups is 1. The number of aromatic hydroxyl groups is 1. The molecule has 1 aromatic rings. The van der Waals surface area contributed by atoms with Gasteiger partial charge in [-0.2, -0.15) is 0 Å². The molecule has 1 aliphatic rings. The molecule has 0 unspecified atom stereocenters. The molecule has 4 N–H and O–H groups in total. The number of nitrogens with zero attached hydrogens (tertiary/aromatic N) is 1. The standard InChI is InChI=1S/C21H34N4O3/c1-2-22-21(25-15-16-28-19-7-5-3-4-6-8-19)24-14-13-23-20(27)17-9-11-18(26)12-10-17/h9-12,19,26H,2-8,13-16H2,1H3,(H,23,27)(H2,22,24,25). The van der Waals surface area contributed by atoms with Crippen molar-refractivity contribution in [1.29, 1.82) is 0 Å². The Bertz CT molecular complexity index is 596. The molecule has 0 radical (unpaired) electrons. The number of phenols is 1. The molecule has 0 atom stereocenters. The molecule has 2 rings (SSSR count). The third-order valence-electron chi connectivity index (χ3n) is 4.69. The van der Waals surface area contributed by atoms with Gasteiger partial charge in [-0.1, -0.05) is 25.7 Å². The largest absolute Gasteiger partial charge is 0.508 e. The van der Waals surface area contributed by atoms with Crippen molar-refractivity contribution in [3.05, 3.63) is 29.8 Å². The zero-order valence-corrected chi connectivity index (χ0v) is 16.9. The normalized spacial score (nSPS) is 15.7. The molecule has 156 valence electrons. The Labute approximate surface area is 168 Å². The third-order valence-corrected chi connectivity index (χ3v) is 4.69. The summed E-state index contributed by atoms with van der Waals surface area (Å²) in [5.41, 5.74) is 0.522. The summed E-state index contributed by atoms with van der Waals surface area (Å²) >= 11 is 0. The van der Waals surface area contributed by atoms with Crippen LogP contribution in [0.15, 0.2) is 29.3 Å².